The van der Waals surface area contributed by atoms with Gasteiger partial charge in [0.25, 0.3) is 5.69 Å². The molecular weight excluding hydrogens is 228 g/mol. The molecule has 0 bridgehead atoms. The molecule has 1 rings (SSSR count). The maximum Gasteiger partial charge on any atom is 0.269 e. The molecule has 0 saturated heterocycles. The van der Waals surface area contributed by atoms with Crippen LogP contribution in [-0.2, 0) is 0 Å². The second-order valence-electron chi connectivity index (χ2n) is 4.38. The Morgan fingerprint density at radius 2 is 2.28 bits per heavy atom. The fourth-order valence-electron chi connectivity index (χ4n) is 1.88. The van der Waals surface area contributed by atoms with E-state index in [0.29, 0.717) is 0 Å². The Kier molecular flexibility index (Phi) is 5.52. The summed E-state index contributed by atoms with van der Waals surface area (Å²) in [7, 11) is 0. The Bertz CT molecular complexity index is 418. The Morgan fingerprint density at radius 1 is 1.56 bits per heavy atom. The van der Waals surface area contributed by atoms with Crippen LogP contribution in [0, 0.1) is 10.1 Å². The number of nitrogens with zero attached hydrogens (tertiary/aromatic N) is 1. The quantitative estimate of drug-likeness (QED) is 0.455. The number of nitro groups is 1. The summed E-state index contributed by atoms with van der Waals surface area (Å²) >= 11 is 0. The molecule has 2 unspecified atom stereocenters. The molecule has 4 heteroatoms. The monoisotopic (exact) mass is 248 g/mol. The lowest BCUT2D eigenvalue weighted by molar-refractivity contribution is -0.384. The maximum atomic E-state index is 10.8. The molecule has 18 heavy (non-hydrogen) atoms. The average molecular weight is 248 g/mol. The molecule has 0 aliphatic carbocycles. The molecule has 0 aliphatic rings. The van der Waals surface area contributed by atoms with Crippen molar-refractivity contribution < 1.29 is 4.92 Å². The smallest absolute Gasteiger partial charge is 0.269 e. The van der Waals surface area contributed by atoms with Crippen molar-refractivity contribution in [3.63, 3.8) is 0 Å². The molecule has 0 fully saturated rings. The second-order valence-corrected chi connectivity index (χ2v) is 4.38. The van der Waals surface area contributed by atoms with Crippen molar-refractivity contribution in [2.24, 2.45) is 0 Å². The van der Waals surface area contributed by atoms with Crippen molar-refractivity contribution in [1.82, 2.24) is 5.32 Å². The van der Waals surface area contributed by atoms with E-state index in [0.717, 1.165) is 18.4 Å². The third kappa shape index (κ3) is 3.96. The molecule has 0 amide bonds. The van der Waals surface area contributed by atoms with Gasteiger partial charge in [-0.25, -0.2) is 0 Å². The predicted octanol–water partition coefficient (Wildman–Crippen LogP) is 3.60. The highest BCUT2D eigenvalue weighted by atomic mass is 16.6. The zero-order valence-electron chi connectivity index (χ0n) is 10.9. The van der Waals surface area contributed by atoms with E-state index >= 15 is 0 Å². The molecule has 0 saturated carbocycles. The van der Waals surface area contributed by atoms with Gasteiger partial charge in [-0.2, -0.15) is 0 Å². The molecule has 2 atom stereocenters. The van der Waals surface area contributed by atoms with Gasteiger partial charge < -0.3 is 5.32 Å². The third-order valence-corrected chi connectivity index (χ3v) is 2.88. The molecular formula is C14H20N2O2. The topological polar surface area (TPSA) is 55.2 Å². The van der Waals surface area contributed by atoms with Gasteiger partial charge in [0.2, 0.25) is 0 Å². The molecule has 4 nitrogen and oxygen atoms in total. The minimum absolute atomic E-state index is 0.128. The summed E-state index contributed by atoms with van der Waals surface area (Å²) in [5.41, 5.74) is 1.10. The fourth-order valence-corrected chi connectivity index (χ4v) is 1.88. The summed E-state index contributed by atoms with van der Waals surface area (Å²) in [6.45, 7) is 7.87. The molecule has 98 valence electrons. The van der Waals surface area contributed by atoms with Gasteiger partial charge in [0.15, 0.2) is 0 Å². The van der Waals surface area contributed by atoms with Gasteiger partial charge in [0.05, 0.1) is 4.92 Å². The van der Waals surface area contributed by atoms with E-state index in [1.54, 1.807) is 12.1 Å². The van der Waals surface area contributed by atoms with Crippen molar-refractivity contribution in [3.05, 3.63) is 52.6 Å². The van der Waals surface area contributed by atoms with E-state index in [4.69, 9.17) is 0 Å². The average Bonchev–Trinajstić information content (AvgIpc) is 2.38. The highest BCUT2D eigenvalue weighted by Gasteiger charge is 2.15. The molecule has 1 aromatic rings. The van der Waals surface area contributed by atoms with Crippen molar-refractivity contribution >= 4 is 5.69 Å². The number of hydrogen-bond acceptors (Lipinski definition) is 3. The van der Waals surface area contributed by atoms with Crippen LogP contribution in [0.15, 0.2) is 36.9 Å². The first-order valence-corrected chi connectivity index (χ1v) is 6.21. The molecule has 0 spiro atoms. The molecule has 0 heterocycles. The summed E-state index contributed by atoms with van der Waals surface area (Å²) in [5.74, 6) is 0. The number of nitrogens with one attached hydrogen (secondary N) is 1. The Hall–Kier alpha value is -1.68. The van der Waals surface area contributed by atoms with Crippen LogP contribution < -0.4 is 5.32 Å². The van der Waals surface area contributed by atoms with Crippen LogP contribution in [0.1, 0.15) is 38.3 Å². The van der Waals surface area contributed by atoms with Gasteiger partial charge in [-0.05, 0) is 18.9 Å². The van der Waals surface area contributed by atoms with E-state index in [9.17, 15) is 10.1 Å². The standard InChI is InChI=1S/C14H20N2O2/c1-4-7-14(15-11(3)5-2)12-8-6-9-13(10-12)16(17)18/h5-6,8-11,14-15H,2,4,7H2,1,3H3. The lowest BCUT2D eigenvalue weighted by Crippen LogP contribution is -2.28. The van der Waals surface area contributed by atoms with E-state index < -0.39 is 0 Å². The van der Waals surface area contributed by atoms with Crippen LogP contribution in [0.2, 0.25) is 0 Å². The Morgan fingerprint density at radius 3 is 2.83 bits per heavy atom. The summed E-state index contributed by atoms with van der Waals surface area (Å²) in [4.78, 5) is 10.4. The summed E-state index contributed by atoms with van der Waals surface area (Å²) in [6, 6.07) is 7.13. The molecule has 1 N–H and O–H groups in total. The number of benzene rings is 1. The van der Waals surface area contributed by atoms with Crippen LogP contribution >= 0.6 is 0 Å². The van der Waals surface area contributed by atoms with E-state index in [2.05, 4.69) is 18.8 Å². The normalized spacial score (nSPS) is 13.9. The number of hydrogen-bond donors (Lipinski definition) is 1. The van der Waals surface area contributed by atoms with Crippen molar-refractivity contribution in [1.29, 1.82) is 0 Å². The minimum Gasteiger partial charge on any atom is -0.304 e. The van der Waals surface area contributed by atoms with Crippen LogP contribution in [0.25, 0.3) is 0 Å². The van der Waals surface area contributed by atoms with Gasteiger partial charge in [-0.3, -0.25) is 10.1 Å². The van der Waals surface area contributed by atoms with Gasteiger partial charge in [0.1, 0.15) is 0 Å². The number of rotatable bonds is 7. The molecule has 0 aliphatic heterocycles. The summed E-state index contributed by atoms with van der Waals surface area (Å²) in [6.07, 6.45) is 3.80. The summed E-state index contributed by atoms with van der Waals surface area (Å²) < 4.78 is 0. The van der Waals surface area contributed by atoms with Gasteiger partial charge in [0, 0.05) is 24.2 Å². The zero-order chi connectivity index (χ0) is 13.5. The molecule has 1 aromatic carbocycles. The lowest BCUT2D eigenvalue weighted by atomic mass is 10.0. The second kappa shape index (κ2) is 6.91. The van der Waals surface area contributed by atoms with Gasteiger partial charge >= 0.3 is 0 Å². The Balaban J connectivity index is 2.93. The van der Waals surface area contributed by atoms with Crippen LogP contribution in [0.5, 0.6) is 0 Å². The minimum atomic E-state index is -0.358. The lowest BCUT2D eigenvalue weighted by Gasteiger charge is -2.21. The van der Waals surface area contributed by atoms with Crippen molar-refractivity contribution in [2.45, 2.75) is 38.8 Å². The third-order valence-electron chi connectivity index (χ3n) is 2.88. The first kappa shape index (κ1) is 14.4. The zero-order valence-corrected chi connectivity index (χ0v) is 10.9. The van der Waals surface area contributed by atoms with Crippen LogP contribution in [0.4, 0.5) is 5.69 Å². The first-order chi connectivity index (χ1) is 8.58. The van der Waals surface area contributed by atoms with Crippen LogP contribution in [0.3, 0.4) is 0 Å². The maximum absolute atomic E-state index is 10.8. The number of non-ortho nitro benzene ring substituents is 1. The summed E-state index contributed by atoms with van der Waals surface area (Å²) in [5, 5.41) is 14.2. The highest BCUT2D eigenvalue weighted by molar-refractivity contribution is 5.35. The van der Waals surface area contributed by atoms with Crippen LogP contribution in [-0.4, -0.2) is 11.0 Å². The van der Waals surface area contributed by atoms with Gasteiger partial charge in [-0.1, -0.05) is 31.6 Å². The SMILES string of the molecule is C=CC(C)NC(CCC)c1cccc([N+](=O)[O-])c1. The number of nitro benzene ring substituents is 1. The Labute approximate surface area is 108 Å². The van der Waals surface area contributed by atoms with E-state index in [1.165, 1.54) is 6.07 Å². The van der Waals surface area contributed by atoms with E-state index in [1.807, 2.05) is 19.1 Å². The molecule has 0 aromatic heterocycles. The van der Waals surface area contributed by atoms with Crippen molar-refractivity contribution in [2.75, 3.05) is 0 Å². The fraction of sp³-hybridized carbons (Fsp3) is 0.429. The van der Waals surface area contributed by atoms with Crippen molar-refractivity contribution in [3.8, 4) is 0 Å². The first-order valence-electron chi connectivity index (χ1n) is 6.21. The largest absolute Gasteiger partial charge is 0.304 e. The molecule has 0 radical (unpaired) electrons. The highest BCUT2D eigenvalue weighted by Crippen LogP contribution is 2.23. The van der Waals surface area contributed by atoms with Gasteiger partial charge in [-0.15, -0.1) is 6.58 Å². The van der Waals surface area contributed by atoms with E-state index in [-0.39, 0.29) is 22.7 Å². The predicted molar refractivity (Wildman–Crippen MR) is 73.5 cm³/mol.